The second-order valence-electron chi connectivity index (χ2n) is 4.21. The van der Waals surface area contributed by atoms with Gasteiger partial charge in [-0.15, -0.1) is 0 Å². The summed E-state index contributed by atoms with van der Waals surface area (Å²) in [5, 5.41) is 0. The van der Waals surface area contributed by atoms with Crippen LogP contribution in [-0.4, -0.2) is 62.9 Å². The molecule has 0 radical (unpaired) electrons. The van der Waals surface area contributed by atoms with Gasteiger partial charge >= 0.3 is 5.97 Å². The van der Waals surface area contributed by atoms with E-state index in [1.807, 2.05) is 0 Å². The molecule has 2 aliphatic heterocycles. The van der Waals surface area contributed by atoms with E-state index >= 15 is 0 Å². The average molecular weight is 243 g/mol. The number of esters is 1. The number of rotatable bonds is 2. The minimum absolute atomic E-state index is 0.0267. The fraction of sp³-hybridized carbons (Fsp3) is 0.818. The third-order valence-electron chi connectivity index (χ3n) is 3.16. The Balaban J connectivity index is 2.04. The third-order valence-corrected chi connectivity index (χ3v) is 3.16. The first-order chi connectivity index (χ1) is 8.24. The van der Waals surface area contributed by atoms with Gasteiger partial charge in [0.2, 0.25) is 5.91 Å². The maximum atomic E-state index is 12.2. The number of methoxy groups -OCH3 is 1. The zero-order valence-electron chi connectivity index (χ0n) is 9.89. The van der Waals surface area contributed by atoms with Gasteiger partial charge < -0.3 is 19.1 Å². The zero-order chi connectivity index (χ0) is 12.3. The van der Waals surface area contributed by atoms with Crippen molar-refractivity contribution in [1.82, 2.24) is 4.90 Å². The molecular weight excluding hydrogens is 226 g/mol. The van der Waals surface area contributed by atoms with E-state index < -0.39 is 12.0 Å². The molecule has 0 N–H and O–H groups in total. The Morgan fingerprint density at radius 2 is 2.00 bits per heavy atom. The smallest absolute Gasteiger partial charge is 0.331 e. The summed E-state index contributed by atoms with van der Waals surface area (Å²) in [6.45, 7) is 2.18. The monoisotopic (exact) mass is 243 g/mol. The van der Waals surface area contributed by atoms with Crippen LogP contribution in [0.25, 0.3) is 0 Å². The largest absolute Gasteiger partial charge is 0.467 e. The molecule has 2 saturated heterocycles. The number of morpholine rings is 1. The van der Waals surface area contributed by atoms with Crippen molar-refractivity contribution in [2.75, 3.05) is 40.1 Å². The maximum Gasteiger partial charge on any atom is 0.331 e. The highest BCUT2D eigenvalue weighted by atomic mass is 16.5. The van der Waals surface area contributed by atoms with Gasteiger partial charge in [0, 0.05) is 13.2 Å². The predicted molar refractivity (Wildman–Crippen MR) is 57.3 cm³/mol. The molecule has 0 bridgehead atoms. The lowest BCUT2D eigenvalue weighted by molar-refractivity contribution is -0.162. The SMILES string of the molecule is COC(=O)C1COCCN1C(=O)C1CCOC1. The molecule has 0 aliphatic carbocycles. The molecule has 6 nitrogen and oxygen atoms in total. The second kappa shape index (κ2) is 5.46. The van der Waals surface area contributed by atoms with Gasteiger partial charge in [-0.1, -0.05) is 0 Å². The molecule has 1 amide bonds. The quantitative estimate of drug-likeness (QED) is 0.607. The summed E-state index contributed by atoms with van der Waals surface area (Å²) in [6.07, 6.45) is 0.726. The van der Waals surface area contributed by atoms with Gasteiger partial charge in [-0.2, -0.15) is 0 Å². The Morgan fingerprint density at radius 1 is 1.24 bits per heavy atom. The topological polar surface area (TPSA) is 65.1 Å². The van der Waals surface area contributed by atoms with Gasteiger partial charge in [-0.3, -0.25) is 4.79 Å². The van der Waals surface area contributed by atoms with Crippen molar-refractivity contribution in [1.29, 1.82) is 0 Å². The lowest BCUT2D eigenvalue weighted by Crippen LogP contribution is -2.54. The fourth-order valence-corrected chi connectivity index (χ4v) is 2.16. The summed E-state index contributed by atoms with van der Waals surface area (Å²) >= 11 is 0. The highest BCUT2D eigenvalue weighted by Gasteiger charge is 2.37. The summed E-state index contributed by atoms with van der Waals surface area (Å²) in [5.74, 6) is -0.571. The Labute approximate surface area is 99.8 Å². The van der Waals surface area contributed by atoms with Gasteiger partial charge in [0.25, 0.3) is 0 Å². The first-order valence-electron chi connectivity index (χ1n) is 5.78. The molecule has 2 aliphatic rings. The van der Waals surface area contributed by atoms with Gasteiger partial charge in [0.1, 0.15) is 0 Å². The van der Waals surface area contributed by atoms with Crippen LogP contribution in [0.3, 0.4) is 0 Å². The van der Waals surface area contributed by atoms with Crippen LogP contribution >= 0.6 is 0 Å². The highest BCUT2D eigenvalue weighted by Crippen LogP contribution is 2.19. The first kappa shape index (κ1) is 12.3. The molecule has 2 unspecified atom stereocenters. The van der Waals surface area contributed by atoms with Gasteiger partial charge in [-0.05, 0) is 6.42 Å². The van der Waals surface area contributed by atoms with Gasteiger partial charge in [0.05, 0.1) is 32.8 Å². The molecule has 6 heteroatoms. The lowest BCUT2D eigenvalue weighted by atomic mass is 10.1. The summed E-state index contributed by atoms with van der Waals surface area (Å²) in [4.78, 5) is 25.3. The van der Waals surface area contributed by atoms with Crippen molar-refractivity contribution < 1.29 is 23.8 Å². The molecule has 96 valence electrons. The summed E-state index contributed by atoms with van der Waals surface area (Å²) in [6, 6.07) is -0.609. The molecule has 2 rings (SSSR count). The number of nitrogens with zero attached hydrogens (tertiary/aromatic N) is 1. The molecule has 0 spiro atoms. The van der Waals surface area contributed by atoms with Crippen LogP contribution in [0.4, 0.5) is 0 Å². The summed E-state index contributed by atoms with van der Waals surface area (Å²) in [7, 11) is 1.32. The normalized spacial score (nSPS) is 29.1. The number of carbonyl (C=O) groups excluding carboxylic acids is 2. The van der Waals surface area contributed by atoms with Crippen molar-refractivity contribution in [3.8, 4) is 0 Å². The van der Waals surface area contributed by atoms with Crippen LogP contribution in [0.2, 0.25) is 0 Å². The molecule has 2 fully saturated rings. The van der Waals surface area contributed by atoms with Crippen molar-refractivity contribution in [3.63, 3.8) is 0 Å². The second-order valence-corrected chi connectivity index (χ2v) is 4.21. The van der Waals surface area contributed by atoms with Crippen molar-refractivity contribution in [3.05, 3.63) is 0 Å². The molecule has 2 atom stereocenters. The van der Waals surface area contributed by atoms with E-state index in [0.717, 1.165) is 6.42 Å². The van der Waals surface area contributed by atoms with Crippen LogP contribution in [-0.2, 0) is 23.8 Å². The number of ether oxygens (including phenoxy) is 3. The Hall–Kier alpha value is -1.14. The minimum atomic E-state index is -0.609. The Morgan fingerprint density at radius 3 is 2.65 bits per heavy atom. The van der Waals surface area contributed by atoms with Crippen LogP contribution in [0, 0.1) is 5.92 Å². The maximum absolute atomic E-state index is 12.2. The minimum Gasteiger partial charge on any atom is -0.467 e. The summed E-state index contributed by atoms with van der Waals surface area (Å²) in [5.41, 5.74) is 0. The molecule has 0 aromatic rings. The third kappa shape index (κ3) is 2.58. The van der Waals surface area contributed by atoms with Crippen molar-refractivity contribution >= 4 is 11.9 Å². The number of hydrogen-bond donors (Lipinski definition) is 0. The van der Waals surface area contributed by atoms with Gasteiger partial charge in [0.15, 0.2) is 6.04 Å². The number of hydrogen-bond acceptors (Lipinski definition) is 5. The molecule has 17 heavy (non-hydrogen) atoms. The number of amides is 1. The van der Waals surface area contributed by atoms with E-state index in [-0.39, 0.29) is 18.4 Å². The highest BCUT2D eigenvalue weighted by molar-refractivity contribution is 5.86. The van der Waals surface area contributed by atoms with E-state index in [1.54, 1.807) is 4.90 Å². The van der Waals surface area contributed by atoms with Crippen LogP contribution in [0.5, 0.6) is 0 Å². The lowest BCUT2D eigenvalue weighted by Gasteiger charge is -2.35. The van der Waals surface area contributed by atoms with Crippen molar-refractivity contribution in [2.45, 2.75) is 12.5 Å². The van der Waals surface area contributed by atoms with E-state index in [9.17, 15) is 9.59 Å². The Bertz CT molecular complexity index is 300. The number of carbonyl (C=O) groups is 2. The standard InChI is InChI=1S/C11H17NO5/c1-15-11(14)9-7-17-5-3-12(9)10(13)8-2-4-16-6-8/h8-9H,2-7H2,1H3. The fourth-order valence-electron chi connectivity index (χ4n) is 2.16. The average Bonchev–Trinajstić information content (AvgIpc) is 2.91. The van der Waals surface area contributed by atoms with Crippen LogP contribution in [0.1, 0.15) is 6.42 Å². The summed E-state index contributed by atoms with van der Waals surface area (Å²) < 4.78 is 15.1. The van der Waals surface area contributed by atoms with E-state index in [1.165, 1.54) is 7.11 Å². The van der Waals surface area contributed by atoms with Crippen molar-refractivity contribution in [2.24, 2.45) is 5.92 Å². The molecule has 0 aromatic carbocycles. The molecule has 2 heterocycles. The molecule has 0 aromatic heterocycles. The molecular formula is C11H17NO5. The molecule has 0 saturated carbocycles. The van der Waals surface area contributed by atoms with E-state index in [4.69, 9.17) is 9.47 Å². The van der Waals surface area contributed by atoms with Crippen LogP contribution in [0.15, 0.2) is 0 Å². The van der Waals surface area contributed by atoms with E-state index in [0.29, 0.717) is 26.4 Å². The predicted octanol–water partition coefficient (Wildman–Crippen LogP) is -0.577. The Kier molecular flexibility index (Phi) is 3.96. The first-order valence-corrected chi connectivity index (χ1v) is 5.78. The zero-order valence-corrected chi connectivity index (χ0v) is 9.89. The van der Waals surface area contributed by atoms with Gasteiger partial charge in [-0.25, -0.2) is 4.79 Å². The van der Waals surface area contributed by atoms with Crippen LogP contribution < -0.4 is 0 Å². The van der Waals surface area contributed by atoms with E-state index in [2.05, 4.69) is 4.74 Å².